The second-order valence-electron chi connectivity index (χ2n) is 6.72. The van der Waals surface area contributed by atoms with Crippen molar-refractivity contribution in [2.75, 3.05) is 18.5 Å². The number of nitrogens with one attached hydrogen (secondary N) is 2. The zero-order valence-corrected chi connectivity index (χ0v) is 14.8. The van der Waals surface area contributed by atoms with Gasteiger partial charge in [-0.1, -0.05) is 6.92 Å². The van der Waals surface area contributed by atoms with Gasteiger partial charge in [0.25, 0.3) is 0 Å². The number of β-amino-alcohol motifs (C(OH)–C–C–N with tert-alkyl or cyclic N) is 1. The molecule has 1 aromatic rings. The molecular weight excluding hydrogens is 306 g/mol. The van der Waals surface area contributed by atoms with Crippen LogP contribution in [0.3, 0.4) is 0 Å². The Kier molecular flexibility index (Phi) is 7.69. The summed E-state index contributed by atoms with van der Waals surface area (Å²) in [6, 6.07) is 6.93. The third-order valence-corrected chi connectivity index (χ3v) is 3.16. The largest absolute Gasteiger partial charge is 0.489 e. The van der Waals surface area contributed by atoms with Gasteiger partial charge in [0.05, 0.1) is 5.56 Å². The molecule has 0 aliphatic heterocycles. The zero-order valence-electron chi connectivity index (χ0n) is 14.8. The molecule has 0 bridgehead atoms. The van der Waals surface area contributed by atoms with Gasteiger partial charge in [-0.15, -0.1) is 0 Å². The lowest BCUT2D eigenvalue weighted by Crippen LogP contribution is -2.42. The zero-order chi connectivity index (χ0) is 18.2. The Hall–Kier alpha value is -2.10. The van der Waals surface area contributed by atoms with Crippen molar-refractivity contribution in [3.8, 4) is 11.8 Å². The molecule has 1 atom stereocenters. The van der Waals surface area contributed by atoms with Gasteiger partial charge in [-0.3, -0.25) is 4.79 Å². The van der Waals surface area contributed by atoms with E-state index in [2.05, 4.69) is 10.6 Å². The highest BCUT2D eigenvalue weighted by Crippen LogP contribution is 2.22. The first-order valence-corrected chi connectivity index (χ1v) is 8.15. The number of anilines is 1. The Bertz CT molecular complexity index is 588. The Morgan fingerprint density at radius 3 is 2.71 bits per heavy atom. The van der Waals surface area contributed by atoms with E-state index in [-0.39, 0.29) is 18.1 Å². The summed E-state index contributed by atoms with van der Waals surface area (Å²) in [5.74, 6) is 0.305. The number of amides is 1. The number of hydrogen-bond donors (Lipinski definition) is 3. The van der Waals surface area contributed by atoms with Crippen molar-refractivity contribution in [1.29, 1.82) is 5.26 Å². The van der Waals surface area contributed by atoms with Gasteiger partial charge in [-0.05, 0) is 45.4 Å². The van der Waals surface area contributed by atoms with Gasteiger partial charge in [-0.25, -0.2) is 0 Å². The average molecular weight is 333 g/mol. The summed E-state index contributed by atoms with van der Waals surface area (Å²) in [5.41, 5.74) is 0.796. The maximum atomic E-state index is 11.6. The second kappa shape index (κ2) is 9.26. The summed E-state index contributed by atoms with van der Waals surface area (Å²) in [6.07, 6.45) is 0.519. The van der Waals surface area contributed by atoms with Crippen LogP contribution < -0.4 is 15.4 Å². The summed E-state index contributed by atoms with van der Waals surface area (Å²) >= 11 is 0. The molecule has 3 N–H and O–H groups in total. The fourth-order valence-corrected chi connectivity index (χ4v) is 1.94. The smallest absolute Gasteiger partial charge is 0.224 e. The van der Waals surface area contributed by atoms with Crippen LogP contribution in [0.4, 0.5) is 5.69 Å². The van der Waals surface area contributed by atoms with Crippen molar-refractivity contribution in [1.82, 2.24) is 5.32 Å². The van der Waals surface area contributed by atoms with E-state index in [4.69, 9.17) is 4.74 Å². The van der Waals surface area contributed by atoms with Crippen molar-refractivity contribution in [2.45, 2.75) is 52.2 Å². The normalized spacial score (nSPS) is 12.3. The molecule has 0 spiro atoms. The lowest BCUT2D eigenvalue weighted by Gasteiger charge is -2.23. The molecule has 24 heavy (non-hydrogen) atoms. The van der Waals surface area contributed by atoms with Gasteiger partial charge in [-0.2, -0.15) is 5.26 Å². The van der Waals surface area contributed by atoms with E-state index in [1.165, 1.54) is 0 Å². The molecule has 0 saturated carbocycles. The lowest BCUT2D eigenvalue weighted by molar-refractivity contribution is -0.116. The molecule has 0 aromatic heterocycles. The van der Waals surface area contributed by atoms with Crippen molar-refractivity contribution in [2.24, 2.45) is 0 Å². The summed E-state index contributed by atoms with van der Waals surface area (Å²) < 4.78 is 5.54. The second-order valence-corrected chi connectivity index (χ2v) is 6.72. The van der Waals surface area contributed by atoms with Gasteiger partial charge in [0, 0.05) is 24.2 Å². The van der Waals surface area contributed by atoms with E-state index in [0.717, 1.165) is 6.42 Å². The van der Waals surface area contributed by atoms with Crippen LogP contribution in [0.15, 0.2) is 18.2 Å². The van der Waals surface area contributed by atoms with E-state index in [0.29, 0.717) is 30.0 Å². The predicted octanol–water partition coefficient (Wildman–Crippen LogP) is 2.42. The van der Waals surface area contributed by atoms with E-state index >= 15 is 0 Å². The maximum Gasteiger partial charge on any atom is 0.224 e. The van der Waals surface area contributed by atoms with Gasteiger partial charge >= 0.3 is 0 Å². The highest BCUT2D eigenvalue weighted by Gasteiger charge is 2.14. The van der Waals surface area contributed by atoms with Crippen molar-refractivity contribution >= 4 is 11.6 Å². The minimum atomic E-state index is -0.681. The van der Waals surface area contributed by atoms with Crippen LogP contribution in [0, 0.1) is 11.3 Å². The minimum absolute atomic E-state index is 0.0826. The van der Waals surface area contributed by atoms with Crippen LogP contribution in [0.25, 0.3) is 0 Å². The Labute approximate surface area is 143 Å². The van der Waals surface area contributed by atoms with Crippen LogP contribution in [0.1, 0.15) is 46.1 Å². The fraction of sp³-hybridized carbons (Fsp3) is 0.556. The van der Waals surface area contributed by atoms with Crippen LogP contribution in [0.2, 0.25) is 0 Å². The van der Waals surface area contributed by atoms with E-state index < -0.39 is 6.10 Å². The molecule has 0 saturated heterocycles. The van der Waals surface area contributed by atoms with E-state index in [9.17, 15) is 15.2 Å². The lowest BCUT2D eigenvalue weighted by atomic mass is 10.1. The third-order valence-electron chi connectivity index (χ3n) is 3.16. The van der Waals surface area contributed by atoms with Gasteiger partial charge in [0.2, 0.25) is 5.91 Å². The first-order chi connectivity index (χ1) is 11.2. The number of hydrogen-bond acceptors (Lipinski definition) is 5. The number of aliphatic hydroxyl groups excluding tert-OH is 1. The molecule has 132 valence electrons. The molecule has 1 unspecified atom stereocenters. The van der Waals surface area contributed by atoms with E-state index in [1.807, 2.05) is 33.8 Å². The minimum Gasteiger partial charge on any atom is -0.489 e. The first-order valence-electron chi connectivity index (χ1n) is 8.15. The predicted molar refractivity (Wildman–Crippen MR) is 94.0 cm³/mol. The standard InChI is InChI=1S/C18H27N3O3/c1-5-6-17(23)21-14-7-8-16(13(9-14)10-19)24-12-15(22)11-20-18(2,3)4/h7-9,15,20,22H,5-6,11-12H2,1-4H3,(H,21,23). The number of nitrogens with zero attached hydrogens (tertiary/aromatic N) is 1. The van der Waals surface area contributed by atoms with Crippen LogP contribution in [-0.4, -0.2) is 35.8 Å². The van der Waals surface area contributed by atoms with Crippen molar-refractivity contribution in [3.63, 3.8) is 0 Å². The third kappa shape index (κ3) is 7.44. The molecule has 6 nitrogen and oxygen atoms in total. The molecule has 0 aliphatic rings. The fourth-order valence-electron chi connectivity index (χ4n) is 1.94. The molecule has 0 heterocycles. The van der Waals surface area contributed by atoms with Crippen LogP contribution >= 0.6 is 0 Å². The van der Waals surface area contributed by atoms with Gasteiger partial charge in [0.15, 0.2) is 0 Å². The molecule has 1 amide bonds. The molecule has 0 radical (unpaired) electrons. The quantitative estimate of drug-likeness (QED) is 0.679. The molecular formula is C18H27N3O3. The Morgan fingerprint density at radius 2 is 2.12 bits per heavy atom. The number of benzene rings is 1. The number of aliphatic hydroxyl groups is 1. The average Bonchev–Trinajstić information content (AvgIpc) is 2.51. The monoisotopic (exact) mass is 333 g/mol. The molecule has 1 rings (SSSR count). The topological polar surface area (TPSA) is 94.4 Å². The summed E-state index contributed by atoms with van der Waals surface area (Å²) in [4.78, 5) is 11.6. The first kappa shape index (κ1) is 19.9. The van der Waals surface area contributed by atoms with Crippen molar-refractivity contribution in [3.05, 3.63) is 23.8 Å². The number of ether oxygens (including phenoxy) is 1. The molecule has 0 fully saturated rings. The SMILES string of the molecule is CCCC(=O)Nc1ccc(OCC(O)CNC(C)(C)C)c(C#N)c1. The highest BCUT2D eigenvalue weighted by atomic mass is 16.5. The molecule has 6 heteroatoms. The van der Waals surface area contributed by atoms with Crippen LogP contribution in [-0.2, 0) is 4.79 Å². The van der Waals surface area contributed by atoms with Crippen molar-refractivity contribution < 1.29 is 14.6 Å². The Morgan fingerprint density at radius 1 is 1.42 bits per heavy atom. The van der Waals surface area contributed by atoms with Gasteiger partial charge in [0.1, 0.15) is 24.5 Å². The summed E-state index contributed by atoms with van der Waals surface area (Å²) in [6.45, 7) is 8.45. The molecule has 0 aliphatic carbocycles. The highest BCUT2D eigenvalue weighted by molar-refractivity contribution is 5.90. The summed E-state index contributed by atoms with van der Waals surface area (Å²) in [5, 5.41) is 25.1. The van der Waals surface area contributed by atoms with E-state index in [1.54, 1.807) is 18.2 Å². The van der Waals surface area contributed by atoms with Crippen LogP contribution in [0.5, 0.6) is 5.75 Å². The van der Waals surface area contributed by atoms with Gasteiger partial charge < -0.3 is 20.5 Å². The number of nitriles is 1. The number of carbonyl (C=O) groups excluding carboxylic acids is 1. The number of carbonyl (C=O) groups is 1. The Balaban J connectivity index is 2.62. The molecule has 1 aromatic carbocycles. The maximum absolute atomic E-state index is 11.6. The number of rotatable bonds is 8. The summed E-state index contributed by atoms with van der Waals surface area (Å²) in [7, 11) is 0.